The van der Waals surface area contributed by atoms with Gasteiger partial charge in [-0.3, -0.25) is 4.79 Å². The Hall–Kier alpha value is -2.63. The van der Waals surface area contributed by atoms with Gasteiger partial charge in [-0.05, 0) is 37.5 Å². The number of likely N-dealkylation sites (tertiary alicyclic amines) is 1. The Morgan fingerprint density at radius 3 is 2.55 bits per heavy atom. The highest BCUT2D eigenvalue weighted by atomic mass is 16.2. The van der Waals surface area contributed by atoms with E-state index >= 15 is 0 Å². The number of nitrogens with two attached hydrogens (primary N) is 1. The maximum absolute atomic E-state index is 12.2. The number of hydrogen-bond acceptors (Lipinski definition) is 4. The second kappa shape index (κ2) is 6.01. The van der Waals surface area contributed by atoms with Gasteiger partial charge in [0, 0.05) is 18.7 Å². The third kappa shape index (κ3) is 3.00. The summed E-state index contributed by atoms with van der Waals surface area (Å²) in [5.74, 6) is 0.463. The standard InChI is InChI=1S/C16H19N5O/c1-12-11-21(16(17)19-12)18-10-13-4-6-14(7-5-13)15(22)20-8-2-3-9-20/h4-7,10-11H,2-3,8-9H2,1H3,(H2,17,19). The number of carbonyl (C=O) groups is 1. The van der Waals surface area contributed by atoms with Gasteiger partial charge < -0.3 is 10.6 Å². The molecule has 6 heteroatoms. The molecule has 1 amide bonds. The van der Waals surface area contributed by atoms with Crippen LogP contribution in [0.15, 0.2) is 35.6 Å². The second-order valence-electron chi connectivity index (χ2n) is 5.45. The van der Waals surface area contributed by atoms with Crippen molar-refractivity contribution in [2.75, 3.05) is 18.8 Å². The van der Waals surface area contributed by atoms with Crippen molar-refractivity contribution in [1.29, 1.82) is 0 Å². The van der Waals surface area contributed by atoms with Gasteiger partial charge in [0.15, 0.2) is 0 Å². The SMILES string of the molecule is Cc1cn(N=Cc2ccc(C(=O)N3CCCC3)cc2)c(N)n1. The molecule has 1 saturated heterocycles. The van der Waals surface area contributed by atoms with Crippen molar-refractivity contribution in [1.82, 2.24) is 14.6 Å². The molecule has 6 nitrogen and oxygen atoms in total. The van der Waals surface area contributed by atoms with Gasteiger partial charge in [0.2, 0.25) is 5.95 Å². The van der Waals surface area contributed by atoms with Crippen LogP contribution in [0.4, 0.5) is 5.95 Å². The Bertz CT molecular complexity index is 696. The molecule has 114 valence electrons. The van der Waals surface area contributed by atoms with Crippen molar-refractivity contribution in [3.05, 3.63) is 47.3 Å². The van der Waals surface area contributed by atoms with E-state index in [1.165, 1.54) is 4.68 Å². The third-order valence-electron chi connectivity index (χ3n) is 3.72. The molecule has 1 aliphatic heterocycles. The Morgan fingerprint density at radius 2 is 1.95 bits per heavy atom. The number of rotatable bonds is 3. The zero-order chi connectivity index (χ0) is 15.5. The van der Waals surface area contributed by atoms with Gasteiger partial charge in [-0.1, -0.05) is 12.1 Å². The predicted octanol–water partition coefficient (Wildman–Crippen LogP) is 1.89. The van der Waals surface area contributed by atoms with Gasteiger partial charge in [-0.2, -0.15) is 5.10 Å². The third-order valence-corrected chi connectivity index (χ3v) is 3.72. The van der Waals surface area contributed by atoms with E-state index in [-0.39, 0.29) is 5.91 Å². The number of anilines is 1. The number of nitrogens with zero attached hydrogens (tertiary/aromatic N) is 4. The maximum atomic E-state index is 12.2. The molecule has 0 saturated carbocycles. The Kier molecular flexibility index (Phi) is 3.91. The average molecular weight is 297 g/mol. The molecule has 1 aromatic heterocycles. The first-order valence-electron chi connectivity index (χ1n) is 7.38. The minimum absolute atomic E-state index is 0.107. The smallest absolute Gasteiger partial charge is 0.253 e. The molecule has 0 radical (unpaired) electrons. The minimum atomic E-state index is 0.107. The number of aromatic nitrogens is 2. The fraction of sp³-hybridized carbons (Fsp3) is 0.312. The summed E-state index contributed by atoms with van der Waals surface area (Å²) in [5.41, 5.74) is 8.17. The summed E-state index contributed by atoms with van der Waals surface area (Å²) in [6, 6.07) is 7.44. The van der Waals surface area contributed by atoms with E-state index in [9.17, 15) is 4.79 Å². The van der Waals surface area contributed by atoms with Crippen LogP contribution >= 0.6 is 0 Å². The number of nitrogen functional groups attached to an aromatic ring is 1. The molecule has 22 heavy (non-hydrogen) atoms. The lowest BCUT2D eigenvalue weighted by atomic mass is 10.1. The van der Waals surface area contributed by atoms with E-state index in [0.717, 1.165) is 42.8 Å². The zero-order valence-electron chi connectivity index (χ0n) is 12.6. The molecule has 0 atom stereocenters. The molecule has 2 N–H and O–H groups in total. The van der Waals surface area contributed by atoms with Crippen molar-refractivity contribution in [3.63, 3.8) is 0 Å². The fourth-order valence-electron chi connectivity index (χ4n) is 2.54. The monoisotopic (exact) mass is 297 g/mol. The van der Waals surface area contributed by atoms with E-state index in [1.54, 1.807) is 12.4 Å². The van der Waals surface area contributed by atoms with Crippen LogP contribution in [0.5, 0.6) is 0 Å². The van der Waals surface area contributed by atoms with Crippen LogP contribution in [0.3, 0.4) is 0 Å². The highest BCUT2D eigenvalue weighted by Gasteiger charge is 2.18. The molecule has 0 aliphatic carbocycles. The molecule has 1 aliphatic rings. The van der Waals surface area contributed by atoms with Gasteiger partial charge in [-0.15, -0.1) is 0 Å². The minimum Gasteiger partial charge on any atom is -0.368 e. The van der Waals surface area contributed by atoms with Crippen LogP contribution in [0.2, 0.25) is 0 Å². The zero-order valence-corrected chi connectivity index (χ0v) is 12.6. The van der Waals surface area contributed by atoms with Crippen molar-refractivity contribution < 1.29 is 4.79 Å². The summed E-state index contributed by atoms with van der Waals surface area (Å²) in [5, 5.41) is 4.26. The highest BCUT2D eigenvalue weighted by molar-refractivity contribution is 5.95. The Balaban J connectivity index is 1.71. The molecule has 3 rings (SSSR count). The first-order valence-corrected chi connectivity index (χ1v) is 7.38. The maximum Gasteiger partial charge on any atom is 0.253 e. The molecule has 1 aromatic carbocycles. The van der Waals surface area contributed by atoms with E-state index in [1.807, 2.05) is 36.1 Å². The number of imidazole rings is 1. The summed E-state index contributed by atoms with van der Waals surface area (Å²) >= 11 is 0. The molecule has 2 aromatic rings. The Labute approximate surface area is 129 Å². The summed E-state index contributed by atoms with van der Waals surface area (Å²) < 4.78 is 1.53. The number of aryl methyl sites for hydroxylation is 1. The number of carbonyl (C=O) groups excluding carboxylic acids is 1. The van der Waals surface area contributed by atoms with Crippen molar-refractivity contribution >= 4 is 18.1 Å². The second-order valence-corrected chi connectivity index (χ2v) is 5.45. The van der Waals surface area contributed by atoms with Crippen LogP contribution in [0.25, 0.3) is 0 Å². The van der Waals surface area contributed by atoms with Crippen molar-refractivity contribution in [2.24, 2.45) is 5.10 Å². The van der Waals surface area contributed by atoms with E-state index in [2.05, 4.69) is 10.1 Å². The molecule has 0 unspecified atom stereocenters. The fourth-order valence-corrected chi connectivity index (χ4v) is 2.54. The summed E-state index contributed by atoms with van der Waals surface area (Å²) in [7, 11) is 0. The summed E-state index contributed by atoms with van der Waals surface area (Å²) in [6.45, 7) is 3.59. The van der Waals surface area contributed by atoms with Crippen LogP contribution in [-0.4, -0.2) is 39.8 Å². The van der Waals surface area contributed by atoms with Gasteiger partial charge in [0.05, 0.1) is 18.1 Å². The van der Waals surface area contributed by atoms with Crippen LogP contribution in [-0.2, 0) is 0 Å². The summed E-state index contributed by atoms with van der Waals surface area (Å²) in [4.78, 5) is 18.2. The van der Waals surface area contributed by atoms with Gasteiger partial charge in [0.1, 0.15) is 0 Å². The lowest BCUT2D eigenvalue weighted by molar-refractivity contribution is 0.0793. The Morgan fingerprint density at radius 1 is 1.27 bits per heavy atom. The van der Waals surface area contributed by atoms with Crippen LogP contribution in [0.1, 0.15) is 34.5 Å². The number of benzene rings is 1. The predicted molar refractivity (Wildman–Crippen MR) is 85.9 cm³/mol. The topological polar surface area (TPSA) is 76.5 Å². The molecule has 1 fully saturated rings. The highest BCUT2D eigenvalue weighted by Crippen LogP contribution is 2.13. The van der Waals surface area contributed by atoms with Crippen molar-refractivity contribution in [3.8, 4) is 0 Å². The van der Waals surface area contributed by atoms with Gasteiger partial charge in [0.25, 0.3) is 5.91 Å². The van der Waals surface area contributed by atoms with Gasteiger partial charge in [-0.25, -0.2) is 9.66 Å². The lowest BCUT2D eigenvalue weighted by Gasteiger charge is -2.14. The lowest BCUT2D eigenvalue weighted by Crippen LogP contribution is -2.27. The number of amides is 1. The molecule has 0 bridgehead atoms. The van der Waals surface area contributed by atoms with Crippen LogP contribution < -0.4 is 5.73 Å². The molecule has 0 spiro atoms. The molecular formula is C16H19N5O. The van der Waals surface area contributed by atoms with Gasteiger partial charge >= 0.3 is 0 Å². The average Bonchev–Trinajstić information content (AvgIpc) is 3.15. The number of hydrogen-bond donors (Lipinski definition) is 1. The van der Waals surface area contributed by atoms with E-state index in [4.69, 9.17) is 5.73 Å². The largest absolute Gasteiger partial charge is 0.368 e. The molecule has 2 heterocycles. The first-order chi connectivity index (χ1) is 10.6. The molecular weight excluding hydrogens is 278 g/mol. The van der Waals surface area contributed by atoms with E-state index < -0.39 is 0 Å². The normalized spacial score (nSPS) is 14.9. The first kappa shape index (κ1) is 14.3. The van der Waals surface area contributed by atoms with Crippen LogP contribution in [0, 0.1) is 6.92 Å². The van der Waals surface area contributed by atoms with Crippen molar-refractivity contribution in [2.45, 2.75) is 19.8 Å². The quantitative estimate of drug-likeness (QED) is 0.879. The van der Waals surface area contributed by atoms with E-state index in [0.29, 0.717) is 5.95 Å². The summed E-state index contributed by atoms with van der Waals surface area (Å²) in [6.07, 6.45) is 5.66.